The minimum absolute atomic E-state index is 0.133. The van der Waals surface area contributed by atoms with Crippen LogP contribution in [0.5, 0.6) is 0 Å². The molecule has 8 heteroatoms. The molecule has 0 radical (unpaired) electrons. The first-order chi connectivity index (χ1) is 9.13. The summed E-state index contributed by atoms with van der Waals surface area (Å²) in [6.07, 6.45) is 1.63. The number of hydrogen-bond acceptors (Lipinski definition) is 6. The van der Waals surface area contributed by atoms with Crippen LogP contribution in [0.3, 0.4) is 0 Å². The van der Waals surface area contributed by atoms with E-state index in [1.165, 1.54) is 4.68 Å². The van der Waals surface area contributed by atoms with Crippen LogP contribution in [-0.2, 0) is 7.05 Å². The van der Waals surface area contributed by atoms with Crippen molar-refractivity contribution >= 4 is 28.4 Å². The van der Waals surface area contributed by atoms with Crippen molar-refractivity contribution in [3.63, 3.8) is 0 Å². The Kier molecular flexibility index (Phi) is 2.41. The zero-order chi connectivity index (χ0) is 13.4. The molecule has 0 aliphatic rings. The molecule has 19 heavy (non-hydrogen) atoms. The Morgan fingerprint density at radius 2 is 2.26 bits per heavy atom. The average molecular weight is 257 g/mol. The molecule has 0 bridgehead atoms. The number of fused-ring (bicyclic) bond motifs is 1. The maximum absolute atomic E-state index is 11.8. The van der Waals surface area contributed by atoms with Crippen LogP contribution in [0.15, 0.2) is 29.2 Å². The summed E-state index contributed by atoms with van der Waals surface area (Å²) >= 11 is 0. The summed E-state index contributed by atoms with van der Waals surface area (Å²) in [5.74, 6) is 0.604. The molecule has 0 unspecified atom stereocenters. The van der Waals surface area contributed by atoms with E-state index in [9.17, 15) is 4.79 Å². The highest BCUT2D eigenvalue weighted by Crippen LogP contribution is 2.18. The highest BCUT2D eigenvalue weighted by molar-refractivity contribution is 5.84. The molecule has 0 amide bonds. The number of benzene rings is 1. The van der Waals surface area contributed by atoms with E-state index < -0.39 is 0 Å². The monoisotopic (exact) mass is 257 g/mol. The van der Waals surface area contributed by atoms with E-state index >= 15 is 0 Å². The lowest BCUT2D eigenvalue weighted by molar-refractivity contribution is 0.718. The highest BCUT2D eigenvalue weighted by atomic mass is 16.1. The van der Waals surface area contributed by atoms with Gasteiger partial charge in [-0.1, -0.05) is 0 Å². The topological polar surface area (TPSA) is 115 Å². The van der Waals surface area contributed by atoms with E-state index in [1.54, 1.807) is 31.4 Å². The van der Waals surface area contributed by atoms with Gasteiger partial charge < -0.3 is 11.1 Å². The van der Waals surface area contributed by atoms with Gasteiger partial charge >= 0.3 is 0 Å². The number of rotatable bonds is 2. The van der Waals surface area contributed by atoms with Gasteiger partial charge in [0.25, 0.3) is 5.56 Å². The molecule has 96 valence electrons. The summed E-state index contributed by atoms with van der Waals surface area (Å²) < 4.78 is 1.30. The van der Waals surface area contributed by atoms with Crippen LogP contribution in [-0.4, -0.2) is 25.0 Å². The fraction of sp³-hybridized carbons (Fsp3) is 0.0909. The van der Waals surface area contributed by atoms with Crippen LogP contribution in [0.1, 0.15) is 0 Å². The minimum atomic E-state index is -0.133. The van der Waals surface area contributed by atoms with Crippen LogP contribution < -0.4 is 16.6 Å². The van der Waals surface area contributed by atoms with E-state index in [2.05, 4.69) is 25.6 Å². The first-order valence-corrected chi connectivity index (χ1v) is 5.54. The van der Waals surface area contributed by atoms with Crippen LogP contribution in [0.2, 0.25) is 0 Å². The third-order valence-electron chi connectivity index (χ3n) is 2.70. The third-order valence-corrected chi connectivity index (χ3v) is 2.70. The standard InChI is InChI=1S/C11H11N7O/c1-18-9(19)8-3-2-7(4-6(8)5-13-18)14-11-15-10(12)16-17-11/h2-5H,1H3,(H4,12,14,15,16,17). The van der Waals surface area contributed by atoms with E-state index in [-0.39, 0.29) is 11.5 Å². The second-order valence-electron chi connectivity index (χ2n) is 4.04. The summed E-state index contributed by atoms with van der Waals surface area (Å²) in [6, 6.07) is 5.31. The van der Waals surface area contributed by atoms with Crippen molar-refractivity contribution in [1.29, 1.82) is 0 Å². The quantitative estimate of drug-likeness (QED) is 0.611. The van der Waals surface area contributed by atoms with Crippen molar-refractivity contribution in [2.45, 2.75) is 0 Å². The van der Waals surface area contributed by atoms with Gasteiger partial charge in [0.15, 0.2) is 0 Å². The maximum atomic E-state index is 11.8. The summed E-state index contributed by atoms with van der Waals surface area (Å²) in [7, 11) is 1.62. The molecule has 8 nitrogen and oxygen atoms in total. The van der Waals surface area contributed by atoms with Gasteiger partial charge in [0, 0.05) is 18.1 Å². The van der Waals surface area contributed by atoms with Crippen LogP contribution in [0.25, 0.3) is 10.8 Å². The first kappa shape index (κ1) is 11.2. The highest BCUT2D eigenvalue weighted by Gasteiger charge is 2.04. The van der Waals surface area contributed by atoms with Crippen molar-refractivity contribution in [1.82, 2.24) is 25.0 Å². The molecular formula is C11H11N7O. The van der Waals surface area contributed by atoms with Crippen molar-refractivity contribution in [2.75, 3.05) is 11.1 Å². The fourth-order valence-corrected chi connectivity index (χ4v) is 1.78. The van der Waals surface area contributed by atoms with E-state index in [4.69, 9.17) is 5.73 Å². The molecule has 0 spiro atoms. The predicted octanol–water partition coefficient (Wildman–Crippen LogP) is 0.377. The van der Waals surface area contributed by atoms with Gasteiger partial charge in [-0.05, 0) is 18.2 Å². The Labute approximate surface area is 107 Å². The van der Waals surface area contributed by atoms with Gasteiger partial charge in [0.1, 0.15) is 0 Å². The molecule has 0 saturated carbocycles. The van der Waals surface area contributed by atoms with Gasteiger partial charge in [-0.25, -0.2) is 9.78 Å². The Morgan fingerprint density at radius 3 is 3.00 bits per heavy atom. The van der Waals surface area contributed by atoms with Crippen molar-refractivity contribution in [3.8, 4) is 0 Å². The number of aryl methyl sites for hydroxylation is 1. The number of nitrogen functional groups attached to an aromatic ring is 1. The molecule has 3 rings (SSSR count). The first-order valence-electron chi connectivity index (χ1n) is 5.54. The molecule has 0 aliphatic carbocycles. The Bertz CT molecular complexity index is 804. The van der Waals surface area contributed by atoms with Crippen molar-refractivity contribution < 1.29 is 0 Å². The minimum Gasteiger partial charge on any atom is -0.368 e. The van der Waals surface area contributed by atoms with Crippen molar-refractivity contribution in [3.05, 3.63) is 34.7 Å². The number of aromatic amines is 1. The number of nitrogens with two attached hydrogens (primary N) is 1. The normalized spacial score (nSPS) is 10.8. The van der Waals surface area contributed by atoms with Crippen LogP contribution in [0.4, 0.5) is 17.6 Å². The lowest BCUT2D eigenvalue weighted by Crippen LogP contribution is -2.18. The summed E-state index contributed by atoms with van der Waals surface area (Å²) in [5, 5.41) is 14.7. The number of H-pyrrole nitrogens is 1. The van der Waals surface area contributed by atoms with Crippen LogP contribution >= 0.6 is 0 Å². The number of aromatic nitrogens is 5. The van der Waals surface area contributed by atoms with E-state index in [1.807, 2.05) is 0 Å². The average Bonchev–Trinajstić information content (AvgIpc) is 2.80. The van der Waals surface area contributed by atoms with Gasteiger partial charge in [0.2, 0.25) is 11.9 Å². The van der Waals surface area contributed by atoms with E-state index in [0.717, 1.165) is 11.1 Å². The zero-order valence-electron chi connectivity index (χ0n) is 10.1. The Morgan fingerprint density at radius 1 is 1.42 bits per heavy atom. The lowest BCUT2D eigenvalue weighted by Gasteiger charge is -2.04. The molecular weight excluding hydrogens is 246 g/mol. The number of hydrogen-bond donors (Lipinski definition) is 3. The van der Waals surface area contributed by atoms with Gasteiger partial charge in [0.05, 0.1) is 11.6 Å². The SMILES string of the molecule is Cn1ncc2cc(Nc3n[nH]c(N)n3)ccc2c1=O. The van der Waals surface area contributed by atoms with Crippen molar-refractivity contribution in [2.24, 2.45) is 7.05 Å². The molecule has 0 saturated heterocycles. The second kappa shape index (κ2) is 4.09. The molecule has 3 aromatic rings. The summed E-state index contributed by atoms with van der Waals surface area (Å²) in [4.78, 5) is 15.8. The second-order valence-corrected chi connectivity index (χ2v) is 4.04. The van der Waals surface area contributed by atoms with Gasteiger partial charge in [-0.15, -0.1) is 5.10 Å². The molecule has 0 aliphatic heterocycles. The largest absolute Gasteiger partial charge is 0.368 e. The predicted molar refractivity (Wildman–Crippen MR) is 71.1 cm³/mol. The molecule has 0 atom stereocenters. The molecule has 2 aromatic heterocycles. The molecule has 4 N–H and O–H groups in total. The molecule has 1 aromatic carbocycles. The lowest BCUT2D eigenvalue weighted by atomic mass is 10.2. The summed E-state index contributed by atoms with van der Waals surface area (Å²) in [6.45, 7) is 0. The summed E-state index contributed by atoms with van der Waals surface area (Å²) in [5.41, 5.74) is 6.05. The zero-order valence-corrected chi connectivity index (χ0v) is 10.1. The number of anilines is 3. The Balaban J connectivity index is 2.03. The fourth-order valence-electron chi connectivity index (χ4n) is 1.78. The third kappa shape index (κ3) is 1.99. The number of nitrogens with zero attached hydrogens (tertiary/aromatic N) is 4. The van der Waals surface area contributed by atoms with Crippen LogP contribution in [0, 0.1) is 0 Å². The Hall–Kier alpha value is -2.90. The van der Waals surface area contributed by atoms with Gasteiger partial charge in [-0.2, -0.15) is 10.1 Å². The number of nitrogens with one attached hydrogen (secondary N) is 2. The smallest absolute Gasteiger partial charge is 0.274 e. The molecule has 0 fully saturated rings. The maximum Gasteiger partial charge on any atom is 0.274 e. The molecule has 2 heterocycles. The van der Waals surface area contributed by atoms with Gasteiger partial charge in [-0.3, -0.25) is 4.79 Å². The van der Waals surface area contributed by atoms with E-state index in [0.29, 0.717) is 11.3 Å².